The Bertz CT molecular complexity index is 991. The molecule has 4 saturated carbocycles. The third-order valence-corrected chi connectivity index (χ3v) is 8.29. The van der Waals surface area contributed by atoms with E-state index in [1.165, 1.54) is 50.7 Å². The van der Waals surface area contributed by atoms with Crippen LogP contribution in [0.4, 0.5) is 4.39 Å². The highest BCUT2D eigenvalue weighted by molar-refractivity contribution is 6.31. The number of rotatable bonds is 6. The van der Waals surface area contributed by atoms with Crippen LogP contribution in [0.2, 0.25) is 10.0 Å². The molecule has 2 atom stereocenters. The summed E-state index contributed by atoms with van der Waals surface area (Å²) >= 11 is 12.5. The van der Waals surface area contributed by atoms with Crippen molar-refractivity contribution in [1.82, 2.24) is 5.32 Å². The van der Waals surface area contributed by atoms with Gasteiger partial charge in [0.05, 0.1) is 5.02 Å². The monoisotopic (exact) mass is 461 g/mol. The van der Waals surface area contributed by atoms with Crippen molar-refractivity contribution < 1.29 is 9.13 Å². The van der Waals surface area contributed by atoms with Crippen LogP contribution in [0.15, 0.2) is 36.4 Å². The van der Waals surface area contributed by atoms with Crippen molar-refractivity contribution in [1.29, 1.82) is 0 Å². The Hall–Kier alpha value is -1.29. The molecule has 0 amide bonds. The van der Waals surface area contributed by atoms with Crippen molar-refractivity contribution in [3.63, 3.8) is 0 Å². The van der Waals surface area contributed by atoms with Gasteiger partial charge in [-0.25, -0.2) is 4.39 Å². The molecule has 2 aromatic carbocycles. The van der Waals surface area contributed by atoms with E-state index in [9.17, 15) is 4.39 Å². The van der Waals surface area contributed by atoms with Gasteiger partial charge in [-0.3, -0.25) is 0 Å². The molecule has 4 fully saturated rings. The standard InChI is InChI=1S/C26H30Cl2FNO/c1-24-9-17-10-25(2,14-24)16-26(11-17,15-24)30-12-19-7-20(27)4-6-23(19)31-13-18-3-5-21(29)8-22(18)28/h3-8,17,30H,9-16H2,1-2H3. The van der Waals surface area contributed by atoms with Crippen LogP contribution >= 0.6 is 23.2 Å². The van der Waals surface area contributed by atoms with Gasteiger partial charge in [-0.15, -0.1) is 0 Å². The Labute approximate surface area is 194 Å². The Morgan fingerprint density at radius 2 is 1.71 bits per heavy atom. The van der Waals surface area contributed by atoms with Crippen LogP contribution in [0.1, 0.15) is 63.5 Å². The molecule has 4 aliphatic carbocycles. The van der Waals surface area contributed by atoms with Gasteiger partial charge >= 0.3 is 0 Å². The van der Waals surface area contributed by atoms with Gasteiger partial charge in [0.2, 0.25) is 0 Å². The number of hydrogen-bond acceptors (Lipinski definition) is 2. The van der Waals surface area contributed by atoms with Gasteiger partial charge in [0.1, 0.15) is 18.2 Å². The molecule has 2 nitrogen and oxygen atoms in total. The molecule has 31 heavy (non-hydrogen) atoms. The summed E-state index contributed by atoms with van der Waals surface area (Å²) in [6.45, 7) is 6.00. The normalized spacial score (nSPS) is 33.6. The van der Waals surface area contributed by atoms with Gasteiger partial charge in [-0.2, -0.15) is 0 Å². The molecule has 0 heterocycles. The molecule has 0 spiro atoms. The fraction of sp³-hybridized carbons (Fsp3) is 0.538. The molecule has 4 aliphatic rings. The van der Waals surface area contributed by atoms with Gasteiger partial charge in [-0.05, 0) is 85.6 Å². The Balaban J connectivity index is 1.32. The summed E-state index contributed by atoms with van der Waals surface area (Å²) in [6, 6.07) is 10.1. The number of nitrogens with one attached hydrogen (secondary N) is 1. The van der Waals surface area contributed by atoms with Crippen molar-refractivity contribution in [3.8, 4) is 5.75 Å². The summed E-state index contributed by atoms with van der Waals surface area (Å²) in [5, 5.41) is 5.04. The molecular formula is C26H30Cl2FNO. The van der Waals surface area contributed by atoms with Crippen LogP contribution in [0.3, 0.4) is 0 Å². The summed E-state index contributed by atoms with van der Waals surface area (Å²) in [4.78, 5) is 0. The third-order valence-electron chi connectivity index (χ3n) is 7.70. The molecule has 0 radical (unpaired) electrons. The van der Waals surface area contributed by atoms with E-state index in [1.54, 1.807) is 6.07 Å². The summed E-state index contributed by atoms with van der Waals surface area (Å²) in [6.07, 6.45) is 7.93. The number of halogens is 3. The second-order valence-electron chi connectivity index (χ2n) is 11.0. The lowest BCUT2D eigenvalue weighted by molar-refractivity contribution is -0.118. The summed E-state index contributed by atoms with van der Waals surface area (Å²) in [7, 11) is 0. The first-order valence-corrected chi connectivity index (χ1v) is 12.0. The predicted octanol–water partition coefficient (Wildman–Crippen LogP) is 7.55. The summed E-state index contributed by atoms with van der Waals surface area (Å²) in [5.74, 6) is 1.29. The Morgan fingerprint density at radius 3 is 2.39 bits per heavy atom. The zero-order valence-corrected chi connectivity index (χ0v) is 19.8. The second-order valence-corrected chi connectivity index (χ2v) is 11.9. The molecule has 0 saturated heterocycles. The van der Waals surface area contributed by atoms with Crippen LogP contribution in [0, 0.1) is 22.6 Å². The lowest BCUT2D eigenvalue weighted by atomic mass is 9.43. The van der Waals surface area contributed by atoms with Crippen molar-refractivity contribution in [3.05, 3.63) is 63.4 Å². The zero-order chi connectivity index (χ0) is 21.9. The lowest BCUT2D eigenvalue weighted by Crippen LogP contribution is -2.63. The minimum Gasteiger partial charge on any atom is -0.489 e. The molecule has 6 rings (SSSR count). The largest absolute Gasteiger partial charge is 0.489 e. The third kappa shape index (κ3) is 4.34. The lowest BCUT2D eigenvalue weighted by Gasteiger charge is -2.65. The second kappa shape index (κ2) is 7.64. The molecule has 1 N–H and O–H groups in total. The number of ether oxygens (including phenoxy) is 1. The van der Waals surface area contributed by atoms with E-state index in [1.807, 2.05) is 18.2 Å². The first-order valence-electron chi connectivity index (χ1n) is 11.3. The van der Waals surface area contributed by atoms with Gasteiger partial charge in [0.15, 0.2) is 0 Å². The molecule has 4 bridgehead atoms. The average Bonchev–Trinajstić information content (AvgIpc) is 2.64. The van der Waals surface area contributed by atoms with Gasteiger partial charge in [0, 0.05) is 28.2 Å². The fourth-order valence-corrected chi connectivity index (χ4v) is 7.97. The molecule has 0 aromatic heterocycles. The first kappa shape index (κ1) is 21.6. The van der Waals surface area contributed by atoms with E-state index >= 15 is 0 Å². The predicted molar refractivity (Wildman–Crippen MR) is 124 cm³/mol. The molecular weight excluding hydrogens is 432 g/mol. The minimum atomic E-state index is -0.344. The van der Waals surface area contributed by atoms with Crippen molar-refractivity contribution in [2.75, 3.05) is 0 Å². The smallest absolute Gasteiger partial charge is 0.124 e. The van der Waals surface area contributed by atoms with Gasteiger partial charge < -0.3 is 10.1 Å². The molecule has 2 unspecified atom stereocenters. The average molecular weight is 462 g/mol. The number of hydrogen-bond donors (Lipinski definition) is 1. The Kier molecular flexibility index (Phi) is 5.31. The Morgan fingerprint density at radius 1 is 0.968 bits per heavy atom. The fourth-order valence-electron chi connectivity index (χ4n) is 7.55. The highest BCUT2D eigenvalue weighted by Gasteiger charge is 2.59. The van der Waals surface area contributed by atoms with Crippen molar-refractivity contribution in [2.45, 2.75) is 71.1 Å². The van der Waals surface area contributed by atoms with Crippen LogP contribution in [-0.4, -0.2) is 5.54 Å². The van der Waals surface area contributed by atoms with E-state index in [2.05, 4.69) is 19.2 Å². The van der Waals surface area contributed by atoms with Crippen LogP contribution in [0.25, 0.3) is 0 Å². The summed E-state index contributed by atoms with van der Waals surface area (Å²) < 4.78 is 19.4. The molecule has 5 heteroatoms. The van der Waals surface area contributed by atoms with Crippen molar-refractivity contribution in [2.24, 2.45) is 16.7 Å². The quantitative estimate of drug-likeness (QED) is 0.479. The number of benzene rings is 2. The van der Waals surface area contributed by atoms with E-state index in [4.69, 9.17) is 27.9 Å². The maximum atomic E-state index is 13.3. The first-order chi connectivity index (χ1) is 14.6. The highest BCUT2D eigenvalue weighted by Crippen LogP contribution is 2.66. The van der Waals surface area contributed by atoms with E-state index in [0.29, 0.717) is 20.9 Å². The van der Waals surface area contributed by atoms with Crippen LogP contribution in [-0.2, 0) is 13.2 Å². The molecule has 2 aromatic rings. The summed E-state index contributed by atoms with van der Waals surface area (Å²) in [5.41, 5.74) is 2.96. The maximum Gasteiger partial charge on any atom is 0.124 e. The SMILES string of the molecule is CC12CC3CC(C)(C1)CC(NCc1cc(Cl)ccc1OCc1ccc(F)cc1Cl)(C3)C2. The van der Waals surface area contributed by atoms with Gasteiger partial charge in [-0.1, -0.05) is 43.1 Å². The maximum absolute atomic E-state index is 13.3. The van der Waals surface area contributed by atoms with Crippen LogP contribution < -0.4 is 10.1 Å². The van der Waals surface area contributed by atoms with Crippen molar-refractivity contribution >= 4 is 23.2 Å². The highest BCUT2D eigenvalue weighted by atomic mass is 35.5. The zero-order valence-electron chi connectivity index (χ0n) is 18.2. The van der Waals surface area contributed by atoms with E-state index in [0.717, 1.165) is 29.3 Å². The minimum absolute atomic E-state index is 0.211. The molecule has 166 valence electrons. The van der Waals surface area contributed by atoms with Crippen LogP contribution in [0.5, 0.6) is 5.75 Å². The van der Waals surface area contributed by atoms with E-state index in [-0.39, 0.29) is 18.0 Å². The van der Waals surface area contributed by atoms with Gasteiger partial charge in [0.25, 0.3) is 0 Å². The van der Waals surface area contributed by atoms with E-state index < -0.39 is 0 Å². The topological polar surface area (TPSA) is 21.3 Å². The molecule has 0 aliphatic heterocycles.